The predicted molar refractivity (Wildman–Crippen MR) is 151 cm³/mol. The Morgan fingerprint density at radius 1 is 0.919 bits per heavy atom. The maximum absolute atomic E-state index is 15.6. The molecule has 0 aromatic heterocycles. The van der Waals surface area contributed by atoms with Gasteiger partial charge in [-0.15, -0.1) is 0 Å². The van der Waals surface area contributed by atoms with Crippen molar-refractivity contribution >= 4 is 36.5 Å². The van der Waals surface area contributed by atoms with Crippen LogP contribution in [0.2, 0.25) is 25.2 Å². The van der Waals surface area contributed by atoms with Crippen LogP contribution in [0.1, 0.15) is 36.1 Å². The molecule has 2 aliphatic rings. The summed E-state index contributed by atoms with van der Waals surface area (Å²) in [5, 5.41) is 11.6. The van der Waals surface area contributed by atoms with Crippen molar-refractivity contribution in [2.75, 3.05) is 34.4 Å². The molecule has 0 amide bonds. The van der Waals surface area contributed by atoms with Crippen LogP contribution in [0, 0.1) is 15.9 Å². The van der Waals surface area contributed by atoms with Gasteiger partial charge in [-0.1, -0.05) is 31.3 Å². The molecule has 4 N–H and O–H groups in total. The molecular weight excluding hydrogens is 485 g/mol. The highest BCUT2D eigenvalue weighted by Crippen LogP contribution is 2.48. The van der Waals surface area contributed by atoms with Gasteiger partial charge < -0.3 is 21.3 Å². The fraction of sp³-hybridized carbons (Fsp3) is 0.357. The first-order chi connectivity index (χ1) is 17.6. The van der Waals surface area contributed by atoms with E-state index >= 15 is 4.39 Å². The van der Waals surface area contributed by atoms with E-state index in [2.05, 4.69) is 22.9 Å². The second-order valence-electron chi connectivity index (χ2n) is 11.0. The van der Waals surface area contributed by atoms with Crippen LogP contribution in [0.25, 0.3) is 0 Å². The maximum atomic E-state index is 15.6. The van der Waals surface area contributed by atoms with Crippen LogP contribution in [0.3, 0.4) is 0 Å². The summed E-state index contributed by atoms with van der Waals surface area (Å²) in [6.07, 6.45) is 1.59. The van der Waals surface area contributed by atoms with Gasteiger partial charge in [0.2, 0.25) is 0 Å². The van der Waals surface area contributed by atoms with Gasteiger partial charge >= 0.3 is 0 Å². The number of nitrogens with two attached hydrogens (primary N) is 2. The summed E-state index contributed by atoms with van der Waals surface area (Å²) in [6, 6.07) is 20.4. The van der Waals surface area contributed by atoms with Gasteiger partial charge in [0, 0.05) is 30.5 Å². The smallest absolute Gasteiger partial charge is 0.292 e. The maximum Gasteiger partial charge on any atom is 0.292 e. The van der Waals surface area contributed by atoms with Crippen molar-refractivity contribution in [1.82, 2.24) is 0 Å². The highest BCUT2D eigenvalue weighted by molar-refractivity contribution is 6.77. The van der Waals surface area contributed by atoms with Crippen LogP contribution >= 0.6 is 0 Å². The first kappa shape index (κ1) is 25.1. The van der Waals surface area contributed by atoms with Gasteiger partial charge in [-0.3, -0.25) is 10.1 Å². The van der Waals surface area contributed by atoms with Gasteiger partial charge in [-0.25, -0.2) is 4.39 Å². The molecule has 194 valence electrons. The van der Waals surface area contributed by atoms with Crippen molar-refractivity contribution in [3.05, 3.63) is 87.7 Å². The third-order valence-corrected chi connectivity index (χ3v) is 11.2. The fourth-order valence-corrected chi connectivity index (χ4v) is 7.74. The molecule has 3 aromatic rings. The highest BCUT2D eigenvalue weighted by atomic mass is 28.3. The fourth-order valence-electron chi connectivity index (χ4n) is 5.74. The minimum atomic E-state index is -1.17. The Labute approximate surface area is 218 Å². The number of nitrogens with zero attached hydrogens (tertiary/aromatic N) is 3. The lowest BCUT2D eigenvalue weighted by Gasteiger charge is -2.38. The van der Waals surface area contributed by atoms with Crippen molar-refractivity contribution in [2.45, 2.75) is 50.1 Å². The Morgan fingerprint density at radius 3 is 2.16 bits per heavy atom. The molecule has 37 heavy (non-hydrogen) atoms. The predicted octanol–water partition coefficient (Wildman–Crippen LogP) is 6.51. The lowest BCUT2D eigenvalue weighted by atomic mass is 10.0. The Hall–Kier alpha value is -3.59. The summed E-state index contributed by atoms with van der Waals surface area (Å²) in [7, 11) is -1.17. The van der Waals surface area contributed by atoms with Crippen LogP contribution in [0.4, 0.5) is 32.8 Å². The number of nitro groups is 1. The van der Waals surface area contributed by atoms with Gasteiger partial charge in [0.15, 0.2) is 0 Å². The van der Waals surface area contributed by atoms with Crippen LogP contribution in [-0.2, 0) is 0 Å². The molecule has 0 unspecified atom stereocenters. The molecule has 0 saturated carbocycles. The molecule has 2 aliphatic heterocycles. The van der Waals surface area contributed by atoms with Crippen LogP contribution in [0.15, 0.2) is 60.7 Å². The number of nitro benzene ring substituents is 1. The number of rotatable bonds is 5. The number of hydrogen-bond acceptors (Lipinski definition) is 6. The number of benzene rings is 3. The van der Waals surface area contributed by atoms with E-state index in [1.54, 1.807) is 18.2 Å². The average Bonchev–Trinajstić information content (AvgIpc) is 3.30. The van der Waals surface area contributed by atoms with Crippen molar-refractivity contribution in [1.29, 1.82) is 0 Å². The molecule has 3 aromatic carbocycles. The standard InChI is InChI=1S/C28H34FN5O2Si/c1-37(2)15-13-32(14-16-37)27-10-8-22(18-23(27)29)33-25(19-3-6-21(30)7-4-19)11-12-26(33)20-5-9-24(31)28(17-20)34(35)36/h3-10,17-18,25-26H,11-16,30-31H2,1-2H3/t25-,26-/m0/s1. The third-order valence-electron chi connectivity index (χ3n) is 8.03. The van der Waals surface area contributed by atoms with Crippen LogP contribution < -0.4 is 21.3 Å². The Morgan fingerprint density at radius 2 is 1.54 bits per heavy atom. The van der Waals surface area contributed by atoms with Crippen molar-refractivity contribution in [3.63, 3.8) is 0 Å². The topological polar surface area (TPSA) is 102 Å². The average molecular weight is 520 g/mol. The van der Waals surface area contributed by atoms with Crippen molar-refractivity contribution in [2.24, 2.45) is 0 Å². The quantitative estimate of drug-likeness (QED) is 0.172. The molecule has 0 aliphatic carbocycles. The van der Waals surface area contributed by atoms with Gasteiger partial charge in [0.25, 0.3) is 5.69 Å². The summed E-state index contributed by atoms with van der Waals surface area (Å²) in [6.45, 7) is 6.59. The summed E-state index contributed by atoms with van der Waals surface area (Å²) in [5.41, 5.74) is 15.8. The molecule has 2 atom stereocenters. The Balaban J connectivity index is 1.52. The van der Waals surface area contributed by atoms with E-state index in [1.165, 1.54) is 0 Å². The molecule has 2 fully saturated rings. The normalized spacial score (nSPS) is 21.3. The molecule has 0 bridgehead atoms. The SMILES string of the molecule is C[Si]1(C)CCN(c2ccc(N3[C@H](c4ccc(N)cc4)CC[C@H]3c3ccc(N)c([N+](=O)[O-])c3)cc2F)CC1. The lowest BCUT2D eigenvalue weighted by molar-refractivity contribution is -0.384. The van der Waals surface area contributed by atoms with E-state index in [1.807, 2.05) is 42.5 Å². The second kappa shape index (κ2) is 9.70. The zero-order chi connectivity index (χ0) is 26.3. The second-order valence-corrected chi connectivity index (χ2v) is 16.4. The monoisotopic (exact) mass is 519 g/mol. The van der Waals surface area contributed by atoms with E-state index in [0.717, 1.165) is 54.8 Å². The molecule has 0 spiro atoms. The number of hydrogen-bond donors (Lipinski definition) is 2. The Bertz CT molecular complexity index is 1310. The molecule has 5 rings (SSSR count). The molecule has 0 radical (unpaired) electrons. The van der Waals surface area contributed by atoms with Crippen molar-refractivity contribution in [3.8, 4) is 0 Å². The lowest BCUT2D eigenvalue weighted by Crippen LogP contribution is -2.43. The van der Waals surface area contributed by atoms with E-state index in [4.69, 9.17) is 11.5 Å². The summed E-state index contributed by atoms with van der Waals surface area (Å²) in [5.74, 6) is -0.233. The number of nitrogen functional groups attached to an aromatic ring is 2. The first-order valence-electron chi connectivity index (χ1n) is 12.8. The minimum Gasteiger partial charge on any atom is -0.399 e. The highest BCUT2D eigenvalue weighted by Gasteiger charge is 2.37. The van der Waals surface area contributed by atoms with Crippen molar-refractivity contribution < 1.29 is 9.31 Å². The zero-order valence-corrected chi connectivity index (χ0v) is 22.4. The first-order valence-corrected chi connectivity index (χ1v) is 16.3. The number of halogens is 1. The summed E-state index contributed by atoms with van der Waals surface area (Å²) < 4.78 is 15.6. The van der Waals surface area contributed by atoms with Gasteiger partial charge in [-0.2, -0.15) is 0 Å². The van der Waals surface area contributed by atoms with Gasteiger partial charge in [-0.05, 0) is 72.5 Å². The third kappa shape index (κ3) is 5.00. The van der Waals surface area contributed by atoms with E-state index in [9.17, 15) is 10.1 Å². The minimum absolute atomic E-state index is 0.0192. The molecule has 2 heterocycles. The number of anilines is 4. The Kier molecular flexibility index (Phi) is 6.57. The van der Waals surface area contributed by atoms with Crippen LogP contribution in [0.5, 0.6) is 0 Å². The summed E-state index contributed by atoms with van der Waals surface area (Å²) >= 11 is 0. The molecule has 2 saturated heterocycles. The van der Waals surface area contributed by atoms with Gasteiger partial charge in [0.05, 0.1) is 30.8 Å². The summed E-state index contributed by atoms with van der Waals surface area (Å²) in [4.78, 5) is 15.5. The largest absolute Gasteiger partial charge is 0.399 e. The zero-order valence-electron chi connectivity index (χ0n) is 21.4. The van der Waals surface area contributed by atoms with Crippen LogP contribution in [-0.4, -0.2) is 26.1 Å². The van der Waals surface area contributed by atoms with E-state index < -0.39 is 13.0 Å². The molecule has 9 heteroatoms. The van der Waals surface area contributed by atoms with E-state index in [-0.39, 0.29) is 29.3 Å². The van der Waals surface area contributed by atoms with Gasteiger partial charge in [0.1, 0.15) is 11.5 Å². The molecule has 7 nitrogen and oxygen atoms in total. The molecular formula is C28H34FN5O2Si. The van der Waals surface area contributed by atoms with E-state index in [0.29, 0.717) is 11.4 Å².